The average molecular weight is 489 g/mol. The molecular weight excluding hydrogens is 468 g/mol. The van der Waals surface area contributed by atoms with Crippen LogP contribution in [0, 0.1) is 0 Å². The van der Waals surface area contributed by atoms with E-state index in [1.54, 1.807) is 18.3 Å². The van der Waals surface area contributed by atoms with E-state index in [1.807, 2.05) is 78.9 Å². The summed E-state index contributed by atoms with van der Waals surface area (Å²) < 4.78 is 12.5. The lowest BCUT2D eigenvalue weighted by Gasteiger charge is -2.12. The van der Waals surface area contributed by atoms with E-state index in [2.05, 4.69) is 26.5 Å². The fourth-order valence-corrected chi connectivity index (χ4v) is 3.42. The van der Waals surface area contributed by atoms with Gasteiger partial charge in [0.05, 0.1) is 6.21 Å². The summed E-state index contributed by atoms with van der Waals surface area (Å²) >= 11 is 3.36. The molecule has 32 heavy (non-hydrogen) atoms. The predicted octanol–water partition coefficient (Wildman–Crippen LogP) is 5.71. The summed E-state index contributed by atoms with van der Waals surface area (Å²) in [5, 5.41) is 6.19. The van der Waals surface area contributed by atoms with Crippen molar-refractivity contribution in [2.24, 2.45) is 5.10 Å². The Morgan fingerprint density at radius 1 is 0.875 bits per heavy atom. The average Bonchev–Trinajstić information content (AvgIpc) is 2.83. The van der Waals surface area contributed by atoms with E-state index in [0.29, 0.717) is 18.1 Å². The Balaban J connectivity index is 1.45. The lowest BCUT2D eigenvalue weighted by Crippen LogP contribution is -2.24. The smallest absolute Gasteiger partial charge is 0.277 e. The quantitative estimate of drug-likeness (QED) is 0.255. The van der Waals surface area contributed by atoms with Crippen LogP contribution in [0.1, 0.15) is 11.1 Å². The topological polar surface area (TPSA) is 59.9 Å². The van der Waals surface area contributed by atoms with Gasteiger partial charge in [0.25, 0.3) is 5.91 Å². The van der Waals surface area contributed by atoms with Crippen molar-refractivity contribution >= 4 is 38.8 Å². The minimum atomic E-state index is -0.351. The van der Waals surface area contributed by atoms with E-state index in [1.165, 1.54) is 0 Å². The minimum Gasteiger partial charge on any atom is -0.488 e. The van der Waals surface area contributed by atoms with Gasteiger partial charge in [-0.2, -0.15) is 5.10 Å². The molecule has 4 rings (SSSR count). The maximum absolute atomic E-state index is 12.1. The second-order valence-corrected chi connectivity index (χ2v) is 7.92. The Bertz CT molecular complexity index is 1230. The van der Waals surface area contributed by atoms with E-state index in [-0.39, 0.29) is 12.5 Å². The highest BCUT2D eigenvalue weighted by molar-refractivity contribution is 9.10. The van der Waals surface area contributed by atoms with Crippen molar-refractivity contribution in [3.05, 3.63) is 107 Å². The van der Waals surface area contributed by atoms with E-state index in [9.17, 15) is 4.79 Å². The number of carbonyl (C=O) groups is 1. The maximum atomic E-state index is 12.1. The Morgan fingerprint density at radius 3 is 2.44 bits per heavy atom. The lowest BCUT2D eigenvalue weighted by atomic mass is 10.0. The van der Waals surface area contributed by atoms with Crippen molar-refractivity contribution in [3.63, 3.8) is 0 Å². The highest BCUT2D eigenvalue weighted by Gasteiger charge is 2.08. The number of nitrogens with zero attached hydrogens (tertiary/aromatic N) is 1. The molecule has 0 aliphatic heterocycles. The van der Waals surface area contributed by atoms with Crippen LogP contribution in [0.15, 0.2) is 101 Å². The van der Waals surface area contributed by atoms with Crippen molar-refractivity contribution in [2.45, 2.75) is 6.61 Å². The highest BCUT2D eigenvalue weighted by atomic mass is 79.9. The number of carbonyl (C=O) groups excluding carboxylic acids is 1. The number of hydrogen-bond donors (Lipinski definition) is 1. The van der Waals surface area contributed by atoms with Gasteiger partial charge in [-0.3, -0.25) is 4.79 Å². The molecule has 0 saturated carbocycles. The molecule has 1 amide bonds. The van der Waals surface area contributed by atoms with Gasteiger partial charge >= 0.3 is 0 Å². The van der Waals surface area contributed by atoms with Crippen LogP contribution in [0.3, 0.4) is 0 Å². The summed E-state index contributed by atoms with van der Waals surface area (Å²) in [6, 6.07) is 29.1. The summed E-state index contributed by atoms with van der Waals surface area (Å²) in [4.78, 5) is 12.1. The molecule has 0 atom stereocenters. The zero-order valence-electron chi connectivity index (χ0n) is 17.2. The first-order chi connectivity index (χ1) is 15.7. The zero-order chi connectivity index (χ0) is 22.2. The van der Waals surface area contributed by atoms with E-state index in [0.717, 1.165) is 26.4 Å². The van der Waals surface area contributed by atoms with Gasteiger partial charge in [0.2, 0.25) is 0 Å². The molecule has 6 heteroatoms. The first-order valence-corrected chi connectivity index (χ1v) is 10.9. The van der Waals surface area contributed by atoms with Crippen LogP contribution >= 0.6 is 15.9 Å². The van der Waals surface area contributed by atoms with E-state index >= 15 is 0 Å². The second-order valence-electron chi connectivity index (χ2n) is 7.01. The number of fused-ring (bicyclic) bond motifs is 1. The number of benzene rings is 4. The molecule has 0 saturated heterocycles. The molecule has 0 unspecified atom stereocenters. The van der Waals surface area contributed by atoms with Crippen LogP contribution in [0.4, 0.5) is 0 Å². The molecule has 160 valence electrons. The van der Waals surface area contributed by atoms with Crippen molar-refractivity contribution < 1.29 is 14.3 Å². The highest BCUT2D eigenvalue weighted by Crippen LogP contribution is 2.27. The SMILES string of the molecule is O=C(COc1ccc(Br)cc1)N/N=C/c1c(OCc2ccccc2)ccc2ccccc12. The Kier molecular flexibility index (Phi) is 7.15. The van der Waals surface area contributed by atoms with E-state index in [4.69, 9.17) is 9.47 Å². The molecule has 0 fully saturated rings. The molecule has 0 aliphatic carbocycles. The third-order valence-corrected chi connectivity index (χ3v) is 5.26. The number of hydrogen-bond acceptors (Lipinski definition) is 4. The number of amides is 1. The first-order valence-electron chi connectivity index (χ1n) is 10.1. The standard InChI is InChI=1S/C26H21BrN2O3/c27-21-11-13-22(14-12-21)31-18-26(30)29-28-16-24-23-9-5-4-8-20(23)10-15-25(24)32-17-19-6-2-1-3-7-19/h1-16H,17-18H2,(H,29,30)/b28-16+. The molecular formula is C26H21BrN2O3. The van der Waals surface area contributed by atoms with Crippen LogP contribution in [-0.4, -0.2) is 18.7 Å². The molecule has 5 nitrogen and oxygen atoms in total. The molecule has 0 heterocycles. The van der Waals surface area contributed by atoms with Crippen LogP contribution in [-0.2, 0) is 11.4 Å². The molecule has 1 N–H and O–H groups in total. The molecule has 0 aromatic heterocycles. The lowest BCUT2D eigenvalue weighted by molar-refractivity contribution is -0.123. The fraction of sp³-hybridized carbons (Fsp3) is 0.0769. The van der Waals surface area contributed by atoms with E-state index < -0.39 is 0 Å². The van der Waals surface area contributed by atoms with Gasteiger partial charge in [0.1, 0.15) is 18.1 Å². The minimum absolute atomic E-state index is 0.133. The summed E-state index contributed by atoms with van der Waals surface area (Å²) in [6.07, 6.45) is 1.61. The van der Waals surface area contributed by atoms with Crippen molar-refractivity contribution in [3.8, 4) is 11.5 Å². The number of nitrogens with one attached hydrogen (secondary N) is 1. The predicted molar refractivity (Wildman–Crippen MR) is 130 cm³/mol. The number of hydrazone groups is 1. The van der Waals surface area contributed by atoms with Crippen LogP contribution in [0.25, 0.3) is 10.8 Å². The van der Waals surface area contributed by atoms with Gasteiger partial charge in [-0.15, -0.1) is 0 Å². The van der Waals surface area contributed by atoms with Gasteiger partial charge in [0, 0.05) is 10.0 Å². The summed E-state index contributed by atoms with van der Waals surface area (Å²) in [7, 11) is 0. The Morgan fingerprint density at radius 2 is 1.62 bits per heavy atom. The van der Waals surface area contributed by atoms with Gasteiger partial charge in [-0.1, -0.05) is 76.6 Å². The monoisotopic (exact) mass is 488 g/mol. The maximum Gasteiger partial charge on any atom is 0.277 e. The third kappa shape index (κ3) is 5.74. The Hall–Kier alpha value is -3.64. The van der Waals surface area contributed by atoms with Crippen LogP contribution in [0.2, 0.25) is 0 Å². The third-order valence-electron chi connectivity index (χ3n) is 4.73. The number of rotatable bonds is 8. The second kappa shape index (κ2) is 10.6. The molecule has 4 aromatic rings. The normalized spacial score (nSPS) is 10.9. The van der Waals surface area contributed by atoms with Crippen LogP contribution in [0.5, 0.6) is 11.5 Å². The zero-order valence-corrected chi connectivity index (χ0v) is 18.8. The van der Waals surface area contributed by atoms with Crippen molar-refractivity contribution in [2.75, 3.05) is 6.61 Å². The Labute approximate surface area is 194 Å². The molecule has 0 aliphatic rings. The van der Waals surface area contributed by atoms with Gasteiger partial charge in [-0.05, 0) is 46.7 Å². The first kappa shape index (κ1) is 21.6. The summed E-state index contributed by atoms with van der Waals surface area (Å²) in [6.45, 7) is 0.305. The number of halogens is 1. The van der Waals surface area contributed by atoms with Gasteiger partial charge in [0.15, 0.2) is 6.61 Å². The summed E-state index contributed by atoms with van der Waals surface area (Å²) in [5.41, 5.74) is 4.39. The van der Waals surface area contributed by atoms with Crippen LogP contribution < -0.4 is 14.9 Å². The molecule has 0 bridgehead atoms. The fourth-order valence-electron chi connectivity index (χ4n) is 3.15. The molecule has 0 radical (unpaired) electrons. The largest absolute Gasteiger partial charge is 0.488 e. The van der Waals surface area contributed by atoms with Crippen molar-refractivity contribution in [1.29, 1.82) is 0 Å². The molecule has 4 aromatic carbocycles. The van der Waals surface area contributed by atoms with Gasteiger partial charge in [-0.25, -0.2) is 5.43 Å². The van der Waals surface area contributed by atoms with Crippen molar-refractivity contribution in [1.82, 2.24) is 5.43 Å². The number of ether oxygens (including phenoxy) is 2. The van der Waals surface area contributed by atoms with Gasteiger partial charge < -0.3 is 9.47 Å². The molecule has 0 spiro atoms. The summed E-state index contributed by atoms with van der Waals surface area (Å²) in [5.74, 6) is 0.950.